The fourth-order valence-corrected chi connectivity index (χ4v) is 3.32. The number of methoxy groups -OCH3 is 1. The molecule has 27 heavy (non-hydrogen) atoms. The predicted octanol–water partition coefficient (Wildman–Crippen LogP) is 6.07. The van der Waals surface area contributed by atoms with Gasteiger partial charge < -0.3 is 9.15 Å². The van der Waals surface area contributed by atoms with Crippen LogP contribution < -0.4 is 4.74 Å². The Balaban J connectivity index is 1.79. The molecule has 0 aliphatic heterocycles. The molecular formula is C22H17F2NO2. The number of ether oxygens (including phenoxy) is 1. The molecule has 0 bridgehead atoms. The molecule has 0 spiro atoms. The SMILES string of the molecule is COc1c(C)cc(-c2ccc3nc(-c4ccc(F)cc4F)oc3c2)cc1C. The highest BCUT2D eigenvalue weighted by molar-refractivity contribution is 5.82. The fourth-order valence-electron chi connectivity index (χ4n) is 3.32. The summed E-state index contributed by atoms with van der Waals surface area (Å²) in [6, 6.07) is 13.1. The Kier molecular flexibility index (Phi) is 4.15. The van der Waals surface area contributed by atoms with Gasteiger partial charge in [0.1, 0.15) is 22.9 Å². The maximum absolute atomic E-state index is 14.0. The topological polar surface area (TPSA) is 35.3 Å². The summed E-state index contributed by atoms with van der Waals surface area (Å²) in [6.07, 6.45) is 0. The number of nitrogens with zero attached hydrogens (tertiary/aromatic N) is 1. The quantitative estimate of drug-likeness (QED) is 0.442. The summed E-state index contributed by atoms with van der Waals surface area (Å²) in [5.74, 6) is -0.349. The van der Waals surface area contributed by atoms with E-state index in [9.17, 15) is 8.78 Å². The van der Waals surface area contributed by atoms with Gasteiger partial charge in [-0.2, -0.15) is 0 Å². The number of aromatic nitrogens is 1. The van der Waals surface area contributed by atoms with Crippen LogP contribution in [0, 0.1) is 25.5 Å². The second-order valence-corrected chi connectivity index (χ2v) is 6.47. The first kappa shape index (κ1) is 17.2. The molecule has 0 saturated carbocycles. The minimum absolute atomic E-state index is 0.127. The molecule has 1 aromatic heterocycles. The maximum Gasteiger partial charge on any atom is 0.230 e. The van der Waals surface area contributed by atoms with Crippen LogP contribution in [0.1, 0.15) is 11.1 Å². The number of hydrogen-bond acceptors (Lipinski definition) is 3. The van der Waals surface area contributed by atoms with Gasteiger partial charge in [-0.3, -0.25) is 0 Å². The summed E-state index contributed by atoms with van der Waals surface area (Å²) in [4.78, 5) is 4.32. The Morgan fingerprint density at radius 2 is 1.63 bits per heavy atom. The van der Waals surface area contributed by atoms with Crippen molar-refractivity contribution in [2.75, 3.05) is 7.11 Å². The highest BCUT2D eigenvalue weighted by Crippen LogP contribution is 2.33. The van der Waals surface area contributed by atoms with Crippen molar-refractivity contribution in [2.24, 2.45) is 0 Å². The van der Waals surface area contributed by atoms with Gasteiger partial charge in [-0.25, -0.2) is 13.8 Å². The Bertz CT molecular complexity index is 1140. The molecule has 0 aliphatic carbocycles. The number of oxazole rings is 1. The van der Waals surface area contributed by atoms with Gasteiger partial charge in [0.15, 0.2) is 5.58 Å². The zero-order valence-electron chi connectivity index (χ0n) is 15.1. The molecule has 0 radical (unpaired) electrons. The molecule has 0 fully saturated rings. The Labute approximate surface area is 155 Å². The second-order valence-electron chi connectivity index (χ2n) is 6.47. The van der Waals surface area contributed by atoms with Crippen molar-refractivity contribution in [1.82, 2.24) is 4.98 Å². The van der Waals surface area contributed by atoms with E-state index in [4.69, 9.17) is 9.15 Å². The van der Waals surface area contributed by atoms with E-state index in [0.717, 1.165) is 34.1 Å². The average Bonchev–Trinajstić information content (AvgIpc) is 3.04. The minimum Gasteiger partial charge on any atom is -0.496 e. The molecule has 136 valence electrons. The third kappa shape index (κ3) is 3.05. The number of hydrogen-bond donors (Lipinski definition) is 0. The molecule has 0 aliphatic rings. The van der Waals surface area contributed by atoms with E-state index < -0.39 is 11.6 Å². The third-order valence-corrected chi connectivity index (χ3v) is 4.55. The smallest absolute Gasteiger partial charge is 0.230 e. The highest BCUT2D eigenvalue weighted by Gasteiger charge is 2.14. The van der Waals surface area contributed by atoms with Crippen LogP contribution in [0.4, 0.5) is 8.78 Å². The minimum atomic E-state index is -0.705. The van der Waals surface area contributed by atoms with Crippen LogP contribution >= 0.6 is 0 Å². The van der Waals surface area contributed by atoms with E-state index in [1.54, 1.807) is 7.11 Å². The fraction of sp³-hybridized carbons (Fsp3) is 0.136. The van der Waals surface area contributed by atoms with E-state index in [-0.39, 0.29) is 11.5 Å². The molecule has 0 N–H and O–H groups in total. The Morgan fingerprint density at radius 3 is 2.30 bits per heavy atom. The highest BCUT2D eigenvalue weighted by atomic mass is 19.1. The summed E-state index contributed by atoms with van der Waals surface area (Å²) in [6.45, 7) is 4.00. The lowest BCUT2D eigenvalue weighted by molar-refractivity contribution is 0.408. The Morgan fingerprint density at radius 1 is 0.889 bits per heavy atom. The lowest BCUT2D eigenvalue weighted by atomic mass is 9.99. The van der Waals surface area contributed by atoms with Gasteiger partial charge in [0.2, 0.25) is 5.89 Å². The second kappa shape index (κ2) is 6.50. The molecule has 3 nitrogen and oxygen atoms in total. The van der Waals surface area contributed by atoms with Gasteiger partial charge in [-0.05, 0) is 72.5 Å². The number of fused-ring (bicyclic) bond motifs is 1. The van der Waals surface area contributed by atoms with E-state index in [2.05, 4.69) is 4.98 Å². The zero-order chi connectivity index (χ0) is 19.1. The zero-order valence-corrected chi connectivity index (χ0v) is 15.1. The molecule has 1 heterocycles. The van der Waals surface area contributed by atoms with Crippen LogP contribution in [-0.4, -0.2) is 12.1 Å². The molecule has 0 amide bonds. The summed E-state index contributed by atoms with van der Waals surface area (Å²) >= 11 is 0. The number of benzene rings is 3. The van der Waals surface area contributed by atoms with Crippen LogP contribution in [0.25, 0.3) is 33.7 Å². The molecule has 5 heteroatoms. The number of aryl methyl sites for hydroxylation is 2. The maximum atomic E-state index is 14.0. The summed E-state index contributed by atoms with van der Waals surface area (Å²) in [7, 11) is 1.66. The van der Waals surface area contributed by atoms with Crippen molar-refractivity contribution >= 4 is 11.1 Å². The molecule has 3 aromatic carbocycles. The number of rotatable bonds is 3. The van der Waals surface area contributed by atoms with Gasteiger partial charge in [0, 0.05) is 6.07 Å². The van der Waals surface area contributed by atoms with Crippen LogP contribution in [0.2, 0.25) is 0 Å². The van der Waals surface area contributed by atoms with Crippen molar-refractivity contribution < 1.29 is 17.9 Å². The van der Waals surface area contributed by atoms with E-state index in [0.29, 0.717) is 11.1 Å². The van der Waals surface area contributed by atoms with E-state index in [1.165, 1.54) is 12.1 Å². The monoisotopic (exact) mass is 365 g/mol. The predicted molar refractivity (Wildman–Crippen MR) is 101 cm³/mol. The summed E-state index contributed by atoms with van der Waals surface area (Å²) < 4.78 is 38.3. The van der Waals surface area contributed by atoms with Gasteiger partial charge >= 0.3 is 0 Å². The molecular weight excluding hydrogens is 348 g/mol. The first-order valence-electron chi connectivity index (χ1n) is 8.48. The van der Waals surface area contributed by atoms with Crippen LogP contribution in [0.5, 0.6) is 5.75 Å². The number of halogens is 2. The van der Waals surface area contributed by atoms with Crippen molar-refractivity contribution in [2.45, 2.75) is 13.8 Å². The lowest BCUT2D eigenvalue weighted by Gasteiger charge is -2.11. The third-order valence-electron chi connectivity index (χ3n) is 4.55. The van der Waals surface area contributed by atoms with Gasteiger partial charge in [0.25, 0.3) is 0 Å². The summed E-state index contributed by atoms with van der Waals surface area (Å²) in [5, 5.41) is 0. The molecule has 0 atom stereocenters. The van der Waals surface area contributed by atoms with Crippen molar-refractivity contribution in [3.8, 4) is 28.3 Å². The summed E-state index contributed by atoms with van der Waals surface area (Å²) in [5.41, 5.74) is 5.35. The first-order valence-corrected chi connectivity index (χ1v) is 8.48. The lowest BCUT2D eigenvalue weighted by Crippen LogP contribution is -1.92. The van der Waals surface area contributed by atoms with Crippen LogP contribution in [-0.2, 0) is 0 Å². The van der Waals surface area contributed by atoms with Crippen molar-refractivity contribution in [3.05, 3.63) is 71.3 Å². The molecule has 0 unspecified atom stereocenters. The molecule has 4 rings (SSSR count). The standard InChI is InChI=1S/C22H17F2NO2/c1-12-8-15(9-13(2)21(12)26-3)14-4-7-19-20(10-14)27-22(25-19)17-6-5-16(23)11-18(17)24/h4-11H,1-3H3. The normalized spacial score (nSPS) is 11.1. The van der Waals surface area contributed by atoms with Crippen LogP contribution in [0.3, 0.4) is 0 Å². The Hall–Kier alpha value is -3.21. The first-order chi connectivity index (χ1) is 13.0. The van der Waals surface area contributed by atoms with Gasteiger partial charge in [-0.15, -0.1) is 0 Å². The van der Waals surface area contributed by atoms with Gasteiger partial charge in [-0.1, -0.05) is 6.07 Å². The van der Waals surface area contributed by atoms with Crippen molar-refractivity contribution in [1.29, 1.82) is 0 Å². The van der Waals surface area contributed by atoms with E-state index in [1.807, 2.05) is 44.2 Å². The molecule has 0 saturated heterocycles. The van der Waals surface area contributed by atoms with Crippen LogP contribution in [0.15, 0.2) is 52.9 Å². The van der Waals surface area contributed by atoms with Crippen molar-refractivity contribution in [3.63, 3.8) is 0 Å². The average molecular weight is 365 g/mol. The largest absolute Gasteiger partial charge is 0.496 e. The van der Waals surface area contributed by atoms with Gasteiger partial charge in [0.05, 0.1) is 12.7 Å². The molecule has 4 aromatic rings. The van der Waals surface area contributed by atoms with E-state index >= 15 is 0 Å².